The predicted octanol–water partition coefficient (Wildman–Crippen LogP) is 3.62. The zero-order valence-corrected chi connectivity index (χ0v) is 14.6. The predicted molar refractivity (Wildman–Crippen MR) is 96.4 cm³/mol. The number of methoxy groups -OCH3 is 1. The maximum Gasteiger partial charge on any atom is 0.349 e. The number of carbonyl (C=O) groups is 1. The largest absolute Gasteiger partial charge is 0.493 e. The van der Waals surface area contributed by atoms with E-state index in [0.29, 0.717) is 23.9 Å². The lowest BCUT2D eigenvalue weighted by Gasteiger charge is -2.12. The van der Waals surface area contributed by atoms with Gasteiger partial charge in [-0.2, -0.15) is 5.26 Å². The molecule has 26 heavy (non-hydrogen) atoms. The van der Waals surface area contributed by atoms with E-state index in [1.54, 1.807) is 42.5 Å². The third kappa shape index (κ3) is 5.28. The molecule has 0 saturated carbocycles. The summed E-state index contributed by atoms with van der Waals surface area (Å²) in [6.45, 7) is 2.09. The number of esters is 1. The van der Waals surface area contributed by atoms with Gasteiger partial charge < -0.3 is 18.9 Å². The Morgan fingerprint density at radius 2 is 1.81 bits per heavy atom. The molecular weight excluding hydrogens is 334 g/mol. The number of para-hydroxylation sites is 2. The SMILES string of the molecule is CCOc1ccccc1OCC(=O)Oc1ccc(/C=C\C#N)cc1OC. The van der Waals surface area contributed by atoms with Gasteiger partial charge >= 0.3 is 5.97 Å². The first-order valence-electron chi connectivity index (χ1n) is 7.97. The van der Waals surface area contributed by atoms with Gasteiger partial charge in [0, 0.05) is 6.08 Å². The number of hydrogen-bond donors (Lipinski definition) is 0. The molecule has 6 nitrogen and oxygen atoms in total. The van der Waals surface area contributed by atoms with Crippen LogP contribution in [0.3, 0.4) is 0 Å². The lowest BCUT2D eigenvalue weighted by molar-refractivity contribution is -0.136. The highest BCUT2D eigenvalue weighted by atomic mass is 16.6. The molecule has 0 aliphatic heterocycles. The highest BCUT2D eigenvalue weighted by Gasteiger charge is 2.13. The van der Waals surface area contributed by atoms with Crippen molar-refractivity contribution in [2.45, 2.75) is 6.92 Å². The first-order chi connectivity index (χ1) is 12.7. The van der Waals surface area contributed by atoms with Crippen LogP contribution in [0.25, 0.3) is 6.08 Å². The number of benzene rings is 2. The number of rotatable bonds is 8. The van der Waals surface area contributed by atoms with Gasteiger partial charge in [0.1, 0.15) is 0 Å². The zero-order chi connectivity index (χ0) is 18.8. The van der Waals surface area contributed by atoms with Crippen LogP contribution in [0.4, 0.5) is 0 Å². The van der Waals surface area contributed by atoms with Crippen LogP contribution >= 0.6 is 0 Å². The molecule has 2 rings (SSSR count). The van der Waals surface area contributed by atoms with Crippen LogP contribution < -0.4 is 18.9 Å². The third-order valence-corrected chi connectivity index (χ3v) is 3.26. The minimum Gasteiger partial charge on any atom is -0.493 e. The summed E-state index contributed by atoms with van der Waals surface area (Å²) >= 11 is 0. The van der Waals surface area contributed by atoms with Crippen molar-refractivity contribution in [2.24, 2.45) is 0 Å². The maximum atomic E-state index is 12.1. The molecule has 134 valence electrons. The van der Waals surface area contributed by atoms with Crippen LogP contribution in [0.1, 0.15) is 12.5 Å². The molecule has 0 heterocycles. The monoisotopic (exact) mass is 353 g/mol. The van der Waals surface area contributed by atoms with Crippen molar-refractivity contribution in [3.05, 3.63) is 54.1 Å². The molecule has 0 N–H and O–H groups in total. The van der Waals surface area contributed by atoms with Gasteiger partial charge in [-0.1, -0.05) is 18.2 Å². The Kier molecular flexibility index (Phi) is 7.07. The van der Waals surface area contributed by atoms with Crippen molar-refractivity contribution in [2.75, 3.05) is 20.3 Å². The van der Waals surface area contributed by atoms with E-state index in [9.17, 15) is 4.79 Å². The van der Waals surface area contributed by atoms with Gasteiger partial charge in [-0.15, -0.1) is 0 Å². The fourth-order valence-corrected chi connectivity index (χ4v) is 2.14. The van der Waals surface area contributed by atoms with Gasteiger partial charge in [-0.25, -0.2) is 4.79 Å². The molecule has 2 aromatic carbocycles. The fraction of sp³-hybridized carbons (Fsp3) is 0.200. The Balaban J connectivity index is 2.02. The molecule has 0 spiro atoms. The number of allylic oxidation sites excluding steroid dienone is 1. The second-order valence-electron chi connectivity index (χ2n) is 5.02. The van der Waals surface area contributed by atoms with Gasteiger partial charge in [-0.05, 0) is 42.8 Å². The molecule has 0 amide bonds. The van der Waals surface area contributed by atoms with E-state index in [4.69, 9.17) is 24.2 Å². The summed E-state index contributed by atoms with van der Waals surface area (Å²) in [5.41, 5.74) is 0.755. The van der Waals surface area contributed by atoms with Crippen LogP contribution in [0.2, 0.25) is 0 Å². The van der Waals surface area contributed by atoms with Crippen LogP contribution in [-0.2, 0) is 4.79 Å². The van der Waals surface area contributed by atoms with E-state index in [-0.39, 0.29) is 12.4 Å². The molecule has 0 atom stereocenters. The Morgan fingerprint density at radius 3 is 2.46 bits per heavy atom. The van der Waals surface area contributed by atoms with Crippen molar-refractivity contribution in [3.8, 4) is 29.1 Å². The molecular formula is C20H19NO5. The second kappa shape index (κ2) is 9.74. The Bertz CT molecular complexity index is 823. The Morgan fingerprint density at radius 1 is 1.08 bits per heavy atom. The van der Waals surface area contributed by atoms with E-state index >= 15 is 0 Å². The second-order valence-corrected chi connectivity index (χ2v) is 5.02. The van der Waals surface area contributed by atoms with Crippen molar-refractivity contribution in [1.29, 1.82) is 5.26 Å². The van der Waals surface area contributed by atoms with Gasteiger partial charge in [0.05, 0.1) is 19.8 Å². The highest BCUT2D eigenvalue weighted by molar-refractivity contribution is 5.75. The number of carbonyl (C=O) groups excluding carboxylic acids is 1. The van der Waals surface area contributed by atoms with Gasteiger partial charge in [-0.3, -0.25) is 0 Å². The summed E-state index contributed by atoms with van der Waals surface area (Å²) in [6, 6.07) is 14.0. The van der Waals surface area contributed by atoms with Crippen LogP contribution in [-0.4, -0.2) is 26.3 Å². The average molecular weight is 353 g/mol. The van der Waals surface area contributed by atoms with E-state index in [2.05, 4.69) is 0 Å². The van der Waals surface area contributed by atoms with Crippen molar-refractivity contribution in [3.63, 3.8) is 0 Å². The lowest BCUT2D eigenvalue weighted by atomic mass is 10.2. The van der Waals surface area contributed by atoms with Gasteiger partial charge in [0.2, 0.25) is 0 Å². The molecule has 0 aliphatic rings. The Hall–Kier alpha value is -3.46. The fourth-order valence-electron chi connectivity index (χ4n) is 2.14. The van der Waals surface area contributed by atoms with Crippen molar-refractivity contribution >= 4 is 12.0 Å². The quantitative estimate of drug-likeness (QED) is 0.410. The molecule has 0 saturated heterocycles. The Labute approximate surface area is 152 Å². The van der Waals surface area contributed by atoms with Crippen LogP contribution in [0.15, 0.2) is 48.5 Å². The molecule has 0 bridgehead atoms. The summed E-state index contributed by atoms with van der Waals surface area (Å²) in [7, 11) is 1.47. The molecule has 0 radical (unpaired) electrons. The third-order valence-electron chi connectivity index (χ3n) is 3.26. The lowest BCUT2D eigenvalue weighted by Crippen LogP contribution is -2.18. The smallest absolute Gasteiger partial charge is 0.349 e. The zero-order valence-electron chi connectivity index (χ0n) is 14.6. The molecule has 0 fully saturated rings. The van der Waals surface area contributed by atoms with E-state index in [1.807, 2.05) is 19.1 Å². The number of ether oxygens (including phenoxy) is 4. The first kappa shape index (κ1) is 18.9. The van der Waals surface area contributed by atoms with Gasteiger partial charge in [0.25, 0.3) is 0 Å². The molecule has 0 aromatic heterocycles. The van der Waals surface area contributed by atoms with Crippen LogP contribution in [0, 0.1) is 11.3 Å². The summed E-state index contributed by atoms with van der Waals surface area (Å²) in [5.74, 6) is 1.11. The standard InChI is InChI=1S/C20H19NO5/c1-3-24-16-8-4-5-9-17(16)25-14-20(22)26-18-11-10-15(7-6-12-21)13-19(18)23-2/h4-11,13H,3,14H2,1-2H3/b7-6-. The average Bonchev–Trinajstić information content (AvgIpc) is 2.66. The summed E-state index contributed by atoms with van der Waals surface area (Å²) < 4.78 is 21.5. The molecule has 2 aromatic rings. The summed E-state index contributed by atoms with van der Waals surface area (Å²) in [5, 5.41) is 8.57. The van der Waals surface area contributed by atoms with E-state index in [0.717, 1.165) is 5.56 Å². The maximum absolute atomic E-state index is 12.1. The topological polar surface area (TPSA) is 77.8 Å². The van der Waals surface area contributed by atoms with E-state index < -0.39 is 5.97 Å². The molecule has 6 heteroatoms. The van der Waals surface area contributed by atoms with Crippen LogP contribution in [0.5, 0.6) is 23.0 Å². The van der Waals surface area contributed by atoms with Crippen molar-refractivity contribution < 1.29 is 23.7 Å². The van der Waals surface area contributed by atoms with E-state index in [1.165, 1.54) is 13.2 Å². The normalized spacial score (nSPS) is 10.2. The summed E-state index contributed by atoms with van der Waals surface area (Å²) in [4.78, 5) is 12.1. The minimum absolute atomic E-state index is 0.272. The van der Waals surface area contributed by atoms with Crippen molar-refractivity contribution in [1.82, 2.24) is 0 Å². The number of nitrogens with zero attached hydrogens (tertiary/aromatic N) is 1. The first-order valence-corrected chi connectivity index (χ1v) is 7.97. The minimum atomic E-state index is -0.574. The highest BCUT2D eigenvalue weighted by Crippen LogP contribution is 2.29. The number of nitriles is 1. The summed E-state index contributed by atoms with van der Waals surface area (Å²) in [6.07, 6.45) is 2.98. The number of hydrogen-bond acceptors (Lipinski definition) is 6. The van der Waals surface area contributed by atoms with Gasteiger partial charge in [0.15, 0.2) is 29.6 Å². The molecule has 0 aliphatic carbocycles. The molecule has 0 unspecified atom stereocenters.